The van der Waals surface area contributed by atoms with E-state index in [-0.39, 0.29) is 0 Å². The van der Waals surface area contributed by atoms with E-state index in [1.807, 2.05) is 0 Å². The highest BCUT2D eigenvalue weighted by Crippen LogP contribution is 2.31. The molecular weight excluding hydrogens is 324 g/mol. The molecule has 0 amide bonds. The van der Waals surface area contributed by atoms with Gasteiger partial charge in [0.1, 0.15) is 0 Å². The first-order valence-corrected chi connectivity index (χ1v) is 9.01. The molecule has 0 saturated heterocycles. The van der Waals surface area contributed by atoms with Crippen molar-refractivity contribution in [3.63, 3.8) is 0 Å². The third kappa shape index (κ3) is 4.72. The summed E-state index contributed by atoms with van der Waals surface area (Å²) in [5, 5.41) is 3.48. The summed E-state index contributed by atoms with van der Waals surface area (Å²) < 4.78 is 1.21. The Morgan fingerprint density at radius 1 is 1.24 bits per heavy atom. The second kappa shape index (κ2) is 7.64. The molecule has 118 valence electrons. The lowest BCUT2D eigenvalue weighted by Gasteiger charge is -2.35. The van der Waals surface area contributed by atoms with Gasteiger partial charge in [0.05, 0.1) is 0 Å². The highest BCUT2D eigenvalue weighted by atomic mass is 79.9. The van der Waals surface area contributed by atoms with Gasteiger partial charge in [-0.2, -0.15) is 0 Å². The van der Waals surface area contributed by atoms with Gasteiger partial charge >= 0.3 is 0 Å². The Morgan fingerprint density at radius 3 is 2.48 bits per heavy atom. The van der Waals surface area contributed by atoms with Crippen LogP contribution >= 0.6 is 15.9 Å². The number of anilines is 1. The van der Waals surface area contributed by atoms with Crippen molar-refractivity contribution in [2.75, 3.05) is 11.9 Å². The highest BCUT2D eigenvalue weighted by molar-refractivity contribution is 9.10. The number of halogens is 1. The quantitative estimate of drug-likeness (QED) is 0.805. The van der Waals surface area contributed by atoms with E-state index < -0.39 is 0 Å². The average Bonchev–Trinajstić information content (AvgIpc) is 2.46. The molecule has 0 aromatic heterocycles. The zero-order valence-corrected chi connectivity index (χ0v) is 15.4. The van der Waals surface area contributed by atoms with Crippen molar-refractivity contribution >= 4 is 21.6 Å². The van der Waals surface area contributed by atoms with Crippen LogP contribution < -0.4 is 10.2 Å². The van der Waals surface area contributed by atoms with Crippen molar-refractivity contribution in [3.8, 4) is 0 Å². The van der Waals surface area contributed by atoms with Gasteiger partial charge in [-0.05, 0) is 49.3 Å². The standard InChI is InChI=1S/C18H29BrN2/c1-13(2)20-12-15-7-10-17(11-18(15)19)21(4)16-8-5-14(3)6-9-16/h7,10-11,13-14,16,20H,5-6,8-9,12H2,1-4H3. The summed E-state index contributed by atoms with van der Waals surface area (Å²) in [7, 11) is 2.24. The number of nitrogens with zero attached hydrogens (tertiary/aromatic N) is 1. The molecule has 1 aromatic carbocycles. The molecule has 3 heteroatoms. The molecule has 2 rings (SSSR count). The number of hydrogen-bond acceptors (Lipinski definition) is 2. The van der Waals surface area contributed by atoms with E-state index >= 15 is 0 Å². The molecule has 1 aliphatic carbocycles. The van der Waals surface area contributed by atoms with Gasteiger partial charge in [0.15, 0.2) is 0 Å². The minimum atomic E-state index is 0.517. The predicted octanol–water partition coefficient (Wildman–Crippen LogP) is 4.96. The van der Waals surface area contributed by atoms with Gasteiger partial charge in [-0.25, -0.2) is 0 Å². The normalized spacial score (nSPS) is 22.6. The second-order valence-corrected chi connectivity index (χ2v) is 7.69. The SMILES string of the molecule is CC1CCC(N(C)c2ccc(CNC(C)C)c(Br)c2)CC1. The molecule has 1 N–H and O–H groups in total. The summed E-state index contributed by atoms with van der Waals surface area (Å²) in [6.45, 7) is 7.66. The highest BCUT2D eigenvalue weighted by Gasteiger charge is 2.22. The summed E-state index contributed by atoms with van der Waals surface area (Å²) >= 11 is 3.73. The van der Waals surface area contributed by atoms with Crippen LogP contribution in [0.2, 0.25) is 0 Å². The van der Waals surface area contributed by atoms with E-state index in [1.165, 1.54) is 41.4 Å². The van der Waals surface area contributed by atoms with Crippen LogP contribution in [0.15, 0.2) is 22.7 Å². The van der Waals surface area contributed by atoms with Crippen LogP contribution in [0.4, 0.5) is 5.69 Å². The molecule has 0 spiro atoms. The van der Waals surface area contributed by atoms with E-state index in [1.54, 1.807) is 0 Å². The van der Waals surface area contributed by atoms with Crippen molar-refractivity contribution in [3.05, 3.63) is 28.2 Å². The summed E-state index contributed by atoms with van der Waals surface area (Å²) in [5.41, 5.74) is 2.66. The number of hydrogen-bond donors (Lipinski definition) is 1. The minimum absolute atomic E-state index is 0.517. The van der Waals surface area contributed by atoms with E-state index in [4.69, 9.17) is 0 Å². The minimum Gasteiger partial charge on any atom is -0.372 e. The fraction of sp³-hybridized carbons (Fsp3) is 0.667. The topological polar surface area (TPSA) is 15.3 Å². The fourth-order valence-electron chi connectivity index (χ4n) is 3.05. The molecule has 21 heavy (non-hydrogen) atoms. The molecule has 0 unspecified atom stereocenters. The van der Waals surface area contributed by atoms with E-state index in [2.05, 4.69) is 72.2 Å². The third-order valence-electron chi connectivity index (χ3n) is 4.68. The van der Waals surface area contributed by atoms with Gasteiger partial charge in [0.25, 0.3) is 0 Å². The zero-order chi connectivity index (χ0) is 15.4. The maximum atomic E-state index is 3.73. The average molecular weight is 353 g/mol. The predicted molar refractivity (Wildman–Crippen MR) is 95.9 cm³/mol. The van der Waals surface area contributed by atoms with E-state index in [0.29, 0.717) is 12.1 Å². The Kier molecular flexibility index (Phi) is 6.12. The van der Waals surface area contributed by atoms with Crippen molar-refractivity contribution < 1.29 is 0 Å². The molecule has 0 atom stereocenters. The molecular formula is C18H29BrN2. The Hall–Kier alpha value is -0.540. The largest absolute Gasteiger partial charge is 0.372 e. The fourth-order valence-corrected chi connectivity index (χ4v) is 3.56. The maximum absolute atomic E-state index is 3.73. The molecule has 0 aliphatic heterocycles. The van der Waals surface area contributed by atoms with Crippen LogP contribution in [0, 0.1) is 5.92 Å². The van der Waals surface area contributed by atoms with Crippen LogP contribution in [-0.4, -0.2) is 19.1 Å². The molecule has 0 bridgehead atoms. The van der Waals surface area contributed by atoms with Gasteiger partial charge < -0.3 is 10.2 Å². The van der Waals surface area contributed by atoms with Gasteiger partial charge in [0, 0.05) is 35.8 Å². The third-order valence-corrected chi connectivity index (χ3v) is 5.42. The van der Waals surface area contributed by atoms with Crippen LogP contribution in [0.3, 0.4) is 0 Å². The van der Waals surface area contributed by atoms with Crippen LogP contribution in [0.1, 0.15) is 52.0 Å². The van der Waals surface area contributed by atoms with Crippen LogP contribution in [-0.2, 0) is 6.54 Å². The summed E-state index contributed by atoms with van der Waals surface area (Å²) in [5.74, 6) is 0.908. The summed E-state index contributed by atoms with van der Waals surface area (Å²) in [4.78, 5) is 2.47. The van der Waals surface area contributed by atoms with Crippen LogP contribution in [0.5, 0.6) is 0 Å². The number of rotatable bonds is 5. The van der Waals surface area contributed by atoms with Gasteiger partial charge in [-0.15, -0.1) is 0 Å². The van der Waals surface area contributed by atoms with Gasteiger partial charge in [-0.1, -0.05) is 42.8 Å². The lowest BCUT2D eigenvalue weighted by molar-refractivity contribution is 0.341. The first kappa shape index (κ1) is 16.8. The first-order chi connectivity index (χ1) is 9.97. The molecule has 0 radical (unpaired) electrons. The summed E-state index contributed by atoms with van der Waals surface area (Å²) in [6, 6.07) is 8.00. The lowest BCUT2D eigenvalue weighted by atomic mass is 9.86. The van der Waals surface area contributed by atoms with Crippen molar-refractivity contribution in [2.24, 2.45) is 5.92 Å². The van der Waals surface area contributed by atoms with Crippen LogP contribution in [0.25, 0.3) is 0 Å². The lowest BCUT2D eigenvalue weighted by Crippen LogP contribution is -2.34. The number of nitrogens with one attached hydrogen (secondary N) is 1. The molecule has 0 heterocycles. The molecule has 2 nitrogen and oxygen atoms in total. The Bertz CT molecular complexity index is 451. The Balaban J connectivity index is 2.01. The molecule has 1 saturated carbocycles. The Morgan fingerprint density at radius 2 is 1.90 bits per heavy atom. The van der Waals surface area contributed by atoms with Crippen molar-refractivity contribution in [1.29, 1.82) is 0 Å². The Labute approximate surface area is 138 Å². The van der Waals surface area contributed by atoms with E-state index in [0.717, 1.165) is 12.5 Å². The van der Waals surface area contributed by atoms with Crippen molar-refractivity contribution in [1.82, 2.24) is 5.32 Å². The molecule has 1 aromatic rings. The van der Waals surface area contributed by atoms with Gasteiger partial charge in [0.2, 0.25) is 0 Å². The first-order valence-electron chi connectivity index (χ1n) is 8.22. The van der Waals surface area contributed by atoms with Gasteiger partial charge in [-0.3, -0.25) is 0 Å². The number of benzene rings is 1. The van der Waals surface area contributed by atoms with E-state index in [9.17, 15) is 0 Å². The maximum Gasteiger partial charge on any atom is 0.0377 e. The zero-order valence-electron chi connectivity index (χ0n) is 13.8. The monoisotopic (exact) mass is 352 g/mol. The van der Waals surface area contributed by atoms with Crippen molar-refractivity contribution in [2.45, 2.75) is 65.1 Å². The molecule has 1 fully saturated rings. The molecule has 1 aliphatic rings. The second-order valence-electron chi connectivity index (χ2n) is 6.84. The smallest absolute Gasteiger partial charge is 0.0377 e. The summed E-state index contributed by atoms with van der Waals surface area (Å²) in [6.07, 6.45) is 5.39.